The number of rotatable bonds is 5. The molecule has 108 valence electrons. The summed E-state index contributed by atoms with van der Waals surface area (Å²) in [6.45, 7) is 1.12. The second-order valence-corrected chi connectivity index (χ2v) is 5.90. The summed E-state index contributed by atoms with van der Waals surface area (Å²) >= 11 is 0. The standard InChI is InChI=1S/C16H21FN2O/c17-11-4-1-5-12(10-11)19(9-3-8-18)16(20)15-13-6-2-7-14(13)15/h1,4-5,10,13-15H,2-3,6-9,18H2. The summed E-state index contributed by atoms with van der Waals surface area (Å²) < 4.78 is 13.4. The van der Waals surface area contributed by atoms with E-state index in [0.717, 1.165) is 6.42 Å². The normalized spacial score (nSPS) is 27.2. The van der Waals surface area contributed by atoms with Gasteiger partial charge in [-0.1, -0.05) is 12.5 Å². The number of fused-ring (bicyclic) bond motifs is 1. The van der Waals surface area contributed by atoms with E-state index in [4.69, 9.17) is 5.73 Å². The molecule has 1 amide bonds. The zero-order valence-electron chi connectivity index (χ0n) is 11.6. The topological polar surface area (TPSA) is 46.3 Å². The highest BCUT2D eigenvalue weighted by atomic mass is 19.1. The lowest BCUT2D eigenvalue weighted by Gasteiger charge is -2.23. The number of carbonyl (C=O) groups is 1. The van der Waals surface area contributed by atoms with Crippen LogP contribution in [0.4, 0.5) is 10.1 Å². The molecule has 1 aromatic carbocycles. The predicted molar refractivity (Wildman–Crippen MR) is 76.7 cm³/mol. The zero-order chi connectivity index (χ0) is 14.1. The van der Waals surface area contributed by atoms with E-state index >= 15 is 0 Å². The third kappa shape index (κ3) is 2.44. The van der Waals surface area contributed by atoms with E-state index in [0.29, 0.717) is 30.6 Å². The molecule has 2 fully saturated rings. The van der Waals surface area contributed by atoms with Crippen molar-refractivity contribution in [3.8, 4) is 0 Å². The first-order valence-electron chi connectivity index (χ1n) is 7.49. The van der Waals surface area contributed by atoms with E-state index < -0.39 is 0 Å². The van der Waals surface area contributed by atoms with Crippen molar-refractivity contribution in [2.75, 3.05) is 18.0 Å². The number of anilines is 1. The molecular weight excluding hydrogens is 255 g/mol. The summed E-state index contributed by atoms with van der Waals surface area (Å²) in [7, 11) is 0. The SMILES string of the molecule is NCCCN(C(=O)C1C2CCCC21)c1cccc(F)c1. The molecule has 0 bridgehead atoms. The van der Waals surface area contributed by atoms with Gasteiger partial charge >= 0.3 is 0 Å². The summed E-state index contributed by atoms with van der Waals surface area (Å²) in [6.07, 6.45) is 4.34. The van der Waals surface area contributed by atoms with Crippen LogP contribution in [-0.2, 0) is 4.79 Å². The second kappa shape index (κ2) is 5.52. The fourth-order valence-electron chi connectivity index (χ4n) is 3.63. The van der Waals surface area contributed by atoms with Crippen LogP contribution in [-0.4, -0.2) is 19.0 Å². The molecule has 2 unspecified atom stereocenters. The number of hydrogen-bond donors (Lipinski definition) is 1. The molecule has 1 aromatic rings. The van der Waals surface area contributed by atoms with Gasteiger partial charge in [0.05, 0.1) is 0 Å². The molecule has 0 heterocycles. The van der Waals surface area contributed by atoms with Crippen molar-refractivity contribution in [2.45, 2.75) is 25.7 Å². The van der Waals surface area contributed by atoms with Crippen molar-refractivity contribution >= 4 is 11.6 Å². The summed E-state index contributed by atoms with van der Waals surface area (Å²) in [6, 6.07) is 6.30. The molecule has 20 heavy (non-hydrogen) atoms. The van der Waals surface area contributed by atoms with Crippen molar-refractivity contribution in [2.24, 2.45) is 23.5 Å². The quantitative estimate of drug-likeness (QED) is 0.898. The third-order valence-electron chi connectivity index (χ3n) is 4.66. The lowest BCUT2D eigenvalue weighted by Crippen LogP contribution is -2.35. The zero-order valence-corrected chi connectivity index (χ0v) is 11.6. The smallest absolute Gasteiger partial charge is 0.230 e. The van der Waals surface area contributed by atoms with E-state index in [1.54, 1.807) is 17.0 Å². The first-order valence-corrected chi connectivity index (χ1v) is 7.49. The molecule has 2 saturated carbocycles. The van der Waals surface area contributed by atoms with E-state index in [2.05, 4.69) is 0 Å². The van der Waals surface area contributed by atoms with Crippen LogP contribution in [0.3, 0.4) is 0 Å². The molecule has 2 N–H and O–H groups in total. The average Bonchev–Trinajstić information content (AvgIpc) is 2.92. The Morgan fingerprint density at radius 3 is 2.75 bits per heavy atom. The van der Waals surface area contributed by atoms with Gasteiger partial charge in [0.1, 0.15) is 5.82 Å². The maximum Gasteiger partial charge on any atom is 0.230 e. The molecule has 3 rings (SSSR count). The average molecular weight is 276 g/mol. The number of amides is 1. The van der Waals surface area contributed by atoms with Crippen LogP contribution in [0, 0.1) is 23.6 Å². The van der Waals surface area contributed by atoms with Gasteiger partial charge in [-0.05, 0) is 55.8 Å². The van der Waals surface area contributed by atoms with Crippen LogP contribution in [0.15, 0.2) is 24.3 Å². The van der Waals surface area contributed by atoms with Crippen LogP contribution < -0.4 is 10.6 Å². The fraction of sp³-hybridized carbons (Fsp3) is 0.562. The van der Waals surface area contributed by atoms with Gasteiger partial charge in [0.15, 0.2) is 0 Å². The summed E-state index contributed by atoms with van der Waals surface area (Å²) in [5, 5.41) is 0. The molecular formula is C16H21FN2O. The Labute approximate surface area is 118 Å². The third-order valence-corrected chi connectivity index (χ3v) is 4.66. The van der Waals surface area contributed by atoms with Crippen molar-refractivity contribution in [3.05, 3.63) is 30.1 Å². The van der Waals surface area contributed by atoms with Crippen LogP contribution in [0.5, 0.6) is 0 Å². The number of hydrogen-bond acceptors (Lipinski definition) is 2. The van der Waals surface area contributed by atoms with Gasteiger partial charge in [0.25, 0.3) is 0 Å². The Morgan fingerprint density at radius 2 is 2.10 bits per heavy atom. The largest absolute Gasteiger partial charge is 0.330 e. The minimum atomic E-state index is -0.302. The van der Waals surface area contributed by atoms with E-state index in [1.165, 1.54) is 31.4 Å². The first-order chi connectivity index (χ1) is 9.72. The van der Waals surface area contributed by atoms with Crippen molar-refractivity contribution < 1.29 is 9.18 Å². The maximum absolute atomic E-state index is 13.4. The Bertz CT molecular complexity index is 495. The van der Waals surface area contributed by atoms with Crippen molar-refractivity contribution in [1.82, 2.24) is 0 Å². The van der Waals surface area contributed by atoms with E-state index in [9.17, 15) is 9.18 Å². The van der Waals surface area contributed by atoms with Crippen molar-refractivity contribution in [3.63, 3.8) is 0 Å². The molecule has 2 atom stereocenters. The molecule has 0 radical (unpaired) electrons. The fourth-order valence-corrected chi connectivity index (χ4v) is 3.63. The second-order valence-electron chi connectivity index (χ2n) is 5.90. The van der Waals surface area contributed by atoms with Gasteiger partial charge in [0.2, 0.25) is 5.91 Å². The number of benzene rings is 1. The molecule has 3 nitrogen and oxygen atoms in total. The highest BCUT2D eigenvalue weighted by Crippen LogP contribution is 2.58. The number of nitrogens with two attached hydrogens (primary N) is 1. The Kier molecular flexibility index (Phi) is 3.74. The van der Waals surface area contributed by atoms with Crippen LogP contribution >= 0.6 is 0 Å². The molecule has 0 saturated heterocycles. The number of carbonyl (C=O) groups excluding carboxylic acids is 1. The molecule has 0 aromatic heterocycles. The predicted octanol–water partition coefficient (Wildman–Crippen LogP) is 2.55. The lowest BCUT2D eigenvalue weighted by atomic mass is 10.1. The highest BCUT2D eigenvalue weighted by molar-refractivity contribution is 5.97. The Hall–Kier alpha value is -1.42. The Balaban J connectivity index is 1.77. The van der Waals surface area contributed by atoms with Crippen LogP contribution in [0.2, 0.25) is 0 Å². The minimum absolute atomic E-state index is 0.166. The molecule has 0 aliphatic heterocycles. The maximum atomic E-state index is 13.4. The lowest BCUT2D eigenvalue weighted by molar-refractivity contribution is -0.120. The van der Waals surface area contributed by atoms with Crippen molar-refractivity contribution in [1.29, 1.82) is 0 Å². The number of nitrogens with zero attached hydrogens (tertiary/aromatic N) is 1. The molecule has 2 aliphatic carbocycles. The monoisotopic (exact) mass is 276 g/mol. The highest BCUT2D eigenvalue weighted by Gasteiger charge is 2.57. The minimum Gasteiger partial charge on any atom is -0.330 e. The molecule has 0 spiro atoms. The van der Waals surface area contributed by atoms with Gasteiger partial charge in [-0.25, -0.2) is 4.39 Å². The molecule has 4 heteroatoms. The number of halogens is 1. The molecule has 2 aliphatic rings. The van der Waals surface area contributed by atoms with Crippen LogP contribution in [0.25, 0.3) is 0 Å². The summed E-state index contributed by atoms with van der Waals surface area (Å²) in [4.78, 5) is 14.4. The van der Waals surface area contributed by atoms with Gasteiger partial charge in [-0.15, -0.1) is 0 Å². The van der Waals surface area contributed by atoms with Gasteiger partial charge in [-0.3, -0.25) is 4.79 Å². The van der Waals surface area contributed by atoms with Gasteiger partial charge in [0, 0.05) is 18.2 Å². The first kappa shape index (κ1) is 13.6. The Morgan fingerprint density at radius 1 is 1.35 bits per heavy atom. The summed E-state index contributed by atoms with van der Waals surface area (Å²) in [5.74, 6) is 1.19. The van der Waals surface area contributed by atoms with Crippen LogP contribution in [0.1, 0.15) is 25.7 Å². The van der Waals surface area contributed by atoms with E-state index in [1.807, 2.05) is 0 Å². The van der Waals surface area contributed by atoms with E-state index in [-0.39, 0.29) is 17.6 Å². The summed E-state index contributed by atoms with van der Waals surface area (Å²) in [5.41, 5.74) is 6.22. The van der Waals surface area contributed by atoms with Gasteiger partial charge < -0.3 is 10.6 Å². The van der Waals surface area contributed by atoms with Gasteiger partial charge in [-0.2, -0.15) is 0 Å².